The molecule has 0 saturated carbocycles. The van der Waals surface area contributed by atoms with Gasteiger partial charge in [0.15, 0.2) is 5.78 Å². The Bertz CT molecular complexity index is 829. The molecule has 2 heterocycles. The summed E-state index contributed by atoms with van der Waals surface area (Å²) in [6.45, 7) is 5.62. The third-order valence-corrected chi connectivity index (χ3v) is 4.97. The summed E-state index contributed by atoms with van der Waals surface area (Å²) in [5.74, 6) is 0.171. The summed E-state index contributed by atoms with van der Waals surface area (Å²) in [7, 11) is 0. The van der Waals surface area contributed by atoms with Gasteiger partial charge in [-0.15, -0.1) is 0 Å². The molecule has 0 bridgehead atoms. The monoisotopic (exact) mass is 418 g/mol. The molecule has 0 aliphatic rings. The third-order valence-electron chi connectivity index (χ3n) is 4.25. The van der Waals surface area contributed by atoms with E-state index in [0.29, 0.717) is 0 Å². The maximum Gasteiger partial charge on any atom is 0.161 e. The van der Waals surface area contributed by atoms with E-state index >= 15 is 0 Å². The Morgan fingerprint density at radius 3 is 2.35 bits per heavy atom. The van der Waals surface area contributed by atoms with Gasteiger partial charge in [0.1, 0.15) is 0 Å². The number of carbonyl (C=O) groups is 1. The van der Waals surface area contributed by atoms with Crippen LogP contribution in [0.4, 0.5) is 0 Å². The zero-order chi connectivity index (χ0) is 16.6. The maximum absolute atomic E-state index is 12.0. The average Bonchev–Trinajstić information content (AvgIpc) is 3.11. The fourth-order valence-electron chi connectivity index (χ4n) is 3.27. The predicted octanol–water partition coefficient (Wildman–Crippen LogP) is 4.95. The molecule has 0 saturated heterocycles. The summed E-state index contributed by atoms with van der Waals surface area (Å²) in [5, 5.41) is 0. The van der Waals surface area contributed by atoms with Gasteiger partial charge < -0.3 is 9.97 Å². The van der Waals surface area contributed by atoms with Crippen LogP contribution in [-0.2, 0) is 0 Å². The maximum atomic E-state index is 12.0. The molecule has 2 N–H and O–H groups in total. The van der Waals surface area contributed by atoms with Crippen LogP contribution < -0.4 is 0 Å². The van der Waals surface area contributed by atoms with Gasteiger partial charge in [-0.25, -0.2) is 0 Å². The Morgan fingerprint density at radius 2 is 1.83 bits per heavy atom. The van der Waals surface area contributed by atoms with Crippen molar-refractivity contribution in [2.45, 2.75) is 26.7 Å². The van der Waals surface area contributed by atoms with E-state index in [-0.39, 0.29) is 11.7 Å². The molecule has 3 nitrogen and oxygen atoms in total. The minimum absolute atomic E-state index is 0.0637. The molecule has 3 rings (SSSR count). The van der Waals surface area contributed by atoms with E-state index < -0.39 is 0 Å². The molecule has 0 spiro atoms. The van der Waals surface area contributed by atoms with Crippen LogP contribution in [0.5, 0.6) is 0 Å². The number of rotatable bonds is 4. The molecule has 23 heavy (non-hydrogen) atoms. The van der Waals surface area contributed by atoms with Crippen LogP contribution in [0.1, 0.15) is 51.4 Å². The van der Waals surface area contributed by atoms with Gasteiger partial charge in [-0.05, 0) is 78.8 Å². The molecule has 0 aliphatic heterocycles. The lowest BCUT2D eigenvalue weighted by Crippen LogP contribution is -2.06. The molecule has 0 aliphatic carbocycles. The van der Waals surface area contributed by atoms with Crippen molar-refractivity contribution in [1.82, 2.24) is 9.97 Å². The lowest BCUT2D eigenvalue weighted by Gasteiger charge is -2.17. The Hall–Kier alpha value is -1.82. The fourth-order valence-corrected chi connectivity index (χ4v) is 3.63. The normalized spacial score (nSPS) is 12.3. The fraction of sp³-hybridized carbons (Fsp3) is 0.211. The molecular formula is C19H19IN2O. The highest BCUT2D eigenvalue weighted by atomic mass is 127. The van der Waals surface area contributed by atoms with Crippen LogP contribution in [-0.4, -0.2) is 15.8 Å². The van der Waals surface area contributed by atoms with E-state index in [9.17, 15) is 4.79 Å². The number of aromatic nitrogens is 2. The number of benzene rings is 1. The van der Waals surface area contributed by atoms with E-state index in [1.165, 1.54) is 9.13 Å². The van der Waals surface area contributed by atoms with Crippen molar-refractivity contribution in [1.29, 1.82) is 0 Å². The van der Waals surface area contributed by atoms with Gasteiger partial charge in [0.25, 0.3) is 0 Å². The summed E-state index contributed by atoms with van der Waals surface area (Å²) >= 11 is 2.31. The second-order valence-corrected chi connectivity index (χ2v) is 7.08. The van der Waals surface area contributed by atoms with Crippen LogP contribution in [0.2, 0.25) is 0 Å². The number of ketones is 1. The number of hydrogen-bond donors (Lipinski definition) is 2. The van der Waals surface area contributed by atoms with Gasteiger partial charge in [-0.1, -0.05) is 12.1 Å². The largest absolute Gasteiger partial charge is 0.364 e. The standard InChI is InChI=1S/C19H19IN2O/c1-11-17(13(3)23)12(2)22-19(11)18(16-5-4-10-21-16)14-6-8-15(20)9-7-14/h4-10,18,21-22H,1-3H3. The zero-order valence-corrected chi connectivity index (χ0v) is 15.6. The topological polar surface area (TPSA) is 48.6 Å². The molecule has 2 aromatic heterocycles. The molecule has 1 unspecified atom stereocenters. The Labute approximate surface area is 149 Å². The SMILES string of the molecule is CC(=O)c1c(C)[nH]c(C(c2ccc(I)cc2)c2ccc[nH]2)c1C. The molecule has 0 amide bonds. The van der Waals surface area contributed by atoms with Crippen LogP contribution >= 0.6 is 22.6 Å². The van der Waals surface area contributed by atoms with E-state index in [0.717, 1.165) is 28.2 Å². The minimum Gasteiger partial charge on any atom is -0.364 e. The average molecular weight is 418 g/mol. The summed E-state index contributed by atoms with van der Waals surface area (Å²) in [6, 6.07) is 12.6. The number of carbonyl (C=O) groups excluding carboxylic acids is 1. The first kappa shape index (κ1) is 16.1. The van der Waals surface area contributed by atoms with Crippen LogP contribution in [0.3, 0.4) is 0 Å². The smallest absolute Gasteiger partial charge is 0.161 e. The highest BCUT2D eigenvalue weighted by Crippen LogP contribution is 2.34. The van der Waals surface area contributed by atoms with E-state index in [2.05, 4.69) is 62.9 Å². The highest BCUT2D eigenvalue weighted by Gasteiger charge is 2.25. The molecule has 0 radical (unpaired) electrons. The number of aryl methyl sites for hydroxylation is 1. The summed E-state index contributed by atoms with van der Waals surface area (Å²) in [5.41, 5.74) is 6.18. The van der Waals surface area contributed by atoms with Crippen molar-refractivity contribution in [3.05, 3.63) is 79.9 Å². The second kappa shape index (κ2) is 6.35. The van der Waals surface area contributed by atoms with Crippen molar-refractivity contribution >= 4 is 28.4 Å². The zero-order valence-electron chi connectivity index (χ0n) is 13.4. The van der Waals surface area contributed by atoms with Gasteiger partial charge in [0.2, 0.25) is 0 Å². The molecule has 0 fully saturated rings. The van der Waals surface area contributed by atoms with Crippen molar-refractivity contribution in [3.63, 3.8) is 0 Å². The third kappa shape index (κ3) is 3.00. The molecule has 4 heteroatoms. The lowest BCUT2D eigenvalue weighted by atomic mass is 9.89. The van der Waals surface area contributed by atoms with Gasteiger partial charge in [-0.2, -0.15) is 0 Å². The number of hydrogen-bond acceptors (Lipinski definition) is 1. The van der Waals surface area contributed by atoms with E-state index in [4.69, 9.17) is 0 Å². The van der Waals surface area contributed by atoms with Crippen molar-refractivity contribution in [2.75, 3.05) is 0 Å². The molecule has 118 valence electrons. The van der Waals surface area contributed by atoms with Gasteiger partial charge in [-0.3, -0.25) is 4.79 Å². The number of H-pyrrole nitrogens is 2. The Kier molecular flexibility index (Phi) is 4.43. The molecule has 1 atom stereocenters. The summed E-state index contributed by atoms with van der Waals surface area (Å²) in [4.78, 5) is 18.7. The number of aromatic amines is 2. The molecule has 1 aromatic carbocycles. The molecular weight excluding hydrogens is 399 g/mol. The predicted molar refractivity (Wildman–Crippen MR) is 101 cm³/mol. The van der Waals surface area contributed by atoms with Gasteiger partial charge in [0, 0.05) is 32.4 Å². The number of nitrogens with one attached hydrogen (secondary N) is 2. The highest BCUT2D eigenvalue weighted by molar-refractivity contribution is 14.1. The van der Waals surface area contributed by atoms with Crippen molar-refractivity contribution in [3.8, 4) is 0 Å². The minimum atomic E-state index is 0.0637. The van der Waals surface area contributed by atoms with Crippen LogP contribution in [0.15, 0.2) is 42.6 Å². The lowest BCUT2D eigenvalue weighted by molar-refractivity contribution is 0.101. The van der Waals surface area contributed by atoms with Crippen LogP contribution in [0, 0.1) is 17.4 Å². The Balaban J connectivity index is 2.19. The number of halogens is 1. The van der Waals surface area contributed by atoms with E-state index in [1.54, 1.807) is 6.92 Å². The van der Waals surface area contributed by atoms with Crippen LogP contribution in [0.25, 0.3) is 0 Å². The first-order valence-electron chi connectivity index (χ1n) is 7.57. The van der Waals surface area contributed by atoms with Crippen molar-refractivity contribution in [2.24, 2.45) is 0 Å². The summed E-state index contributed by atoms with van der Waals surface area (Å²) in [6.07, 6.45) is 1.94. The van der Waals surface area contributed by atoms with Gasteiger partial charge >= 0.3 is 0 Å². The quantitative estimate of drug-likeness (QED) is 0.457. The Morgan fingerprint density at radius 1 is 1.13 bits per heavy atom. The molecule has 3 aromatic rings. The first-order chi connectivity index (χ1) is 11.0. The number of Topliss-reactive ketones (excluding diaryl/α,β-unsaturated/α-hetero) is 1. The summed E-state index contributed by atoms with van der Waals surface area (Å²) < 4.78 is 1.21. The van der Waals surface area contributed by atoms with E-state index in [1.807, 2.05) is 26.1 Å². The second-order valence-electron chi connectivity index (χ2n) is 5.83. The first-order valence-corrected chi connectivity index (χ1v) is 8.65. The van der Waals surface area contributed by atoms with Crippen molar-refractivity contribution < 1.29 is 4.79 Å². The van der Waals surface area contributed by atoms with Gasteiger partial charge in [0.05, 0.1) is 5.92 Å².